The molecular weight excluding hydrogens is 396 g/mol. The lowest BCUT2D eigenvalue weighted by molar-refractivity contribution is 0.108. The monoisotopic (exact) mass is 410 g/mol. The summed E-state index contributed by atoms with van der Waals surface area (Å²) in [6.07, 6.45) is 0.563. The van der Waals surface area contributed by atoms with Crippen molar-refractivity contribution in [1.29, 1.82) is 0 Å². The molecule has 1 aromatic carbocycles. The molecule has 12 heteroatoms. The largest absolute Gasteiger partial charge is 0.481 e. The molecule has 0 atom stereocenters. The number of nitrogens with one attached hydrogen (secondary N) is 2. The number of anilines is 1. The van der Waals surface area contributed by atoms with E-state index in [1.807, 2.05) is 0 Å². The summed E-state index contributed by atoms with van der Waals surface area (Å²) in [6.45, 7) is 0.402. The Morgan fingerprint density at radius 2 is 2.00 bits per heavy atom. The van der Waals surface area contributed by atoms with Crippen LogP contribution in [0, 0.1) is 0 Å². The summed E-state index contributed by atoms with van der Waals surface area (Å²) >= 11 is 3.64. The van der Waals surface area contributed by atoms with Crippen LogP contribution >= 0.6 is 12.6 Å². The first kappa shape index (κ1) is 18.9. The van der Waals surface area contributed by atoms with Gasteiger partial charge < -0.3 is 9.47 Å². The van der Waals surface area contributed by atoms with E-state index in [4.69, 9.17) is 9.47 Å². The van der Waals surface area contributed by atoms with Crippen molar-refractivity contribution in [2.75, 3.05) is 19.0 Å². The van der Waals surface area contributed by atoms with Gasteiger partial charge in [0.05, 0.1) is 24.2 Å². The van der Waals surface area contributed by atoms with Gasteiger partial charge >= 0.3 is 6.03 Å². The van der Waals surface area contributed by atoms with E-state index >= 15 is 0 Å². The van der Waals surface area contributed by atoms with Crippen molar-refractivity contribution in [1.82, 2.24) is 14.7 Å². The third-order valence-corrected chi connectivity index (χ3v) is 5.20. The van der Waals surface area contributed by atoms with Crippen LogP contribution in [0.25, 0.3) is 0 Å². The molecule has 2 heterocycles. The Bertz CT molecular complexity index is 1020. The summed E-state index contributed by atoms with van der Waals surface area (Å²) in [5, 5.41) is 1.46. The molecule has 2 aromatic rings. The Balaban J connectivity index is 1.81. The lowest BCUT2D eigenvalue weighted by atomic mass is 10.2. The first-order valence-electron chi connectivity index (χ1n) is 7.55. The van der Waals surface area contributed by atoms with Gasteiger partial charge in [-0.2, -0.15) is 9.97 Å². The maximum Gasteiger partial charge on any atom is 0.335 e. The number of aromatic nitrogens is 2. The van der Waals surface area contributed by atoms with Crippen molar-refractivity contribution in [3.8, 4) is 11.8 Å². The molecule has 1 aliphatic rings. The van der Waals surface area contributed by atoms with E-state index in [0.29, 0.717) is 18.6 Å². The highest BCUT2D eigenvalue weighted by Crippen LogP contribution is 2.31. The minimum absolute atomic E-state index is 0.162. The number of fused-ring (bicyclic) bond motifs is 1. The molecule has 0 aliphatic carbocycles. The molecule has 142 valence electrons. The van der Waals surface area contributed by atoms with Crippen LogP contribution in [0.15, 0.2) is 29.2 Å². The molecule has 0 saturated heterocycles. The van der Waals surface area contributed by atoms with Crippen LogP contribution in [-0.2, 0) is 16.4 Å². The Hall–Kier alpha value is -2.86. The Morgan fingerprint density at radius 3 is 2.70 bits per heavy atom. The van der Waals surface area contributed by atoms with Crippen molar-refractivity contribution in [3.63, 3.8) is 0 Å². The molecule has 0 spiro atoms. The molecule has 10 nitrogen and oxygen atoms in total. The number of hydrogen-bond acceptors (Lipinski definition) is 8. The lowest BCUT2D eigenvalue weighted by Crippen LogP contribution is -2.35. The SMILES string of the molecule is COc1nc(NC(=O)NS(=O)(=O)c2ccccc2C(=O)S)nc2c1CCO2. The molecule has 2 N–H and O–H groups in total. The topological polar surface area (TPSA) is 137 Å². The van der Waals surface area contributed by atoms with Gasteiger partial charge in [0.25, 0.3) is 10.0 Å². The number of sulfonamides is 1. The number of thiol groups is 1. The number of carbonyl (C=O) groups excluding carboxylic acids is 2. The first-order valence-corrected chi connectivity index (χ1v) is 9.48. The maximum atomic E-state index is 12.4. The van der Waals surface area contributed by atoms with Crippen LogP contribution in [0.1, 0.15) is 15.9 Å². The van der Waals surface area contributed by atoms with Gasteiger partial charge in [-0.25, -0.2) is 17.9 Å². The summed E-state index contributed by atoms with van der Waals surface area (Å²) in [7, 11) is -2.93. The number of urea groups is 1. The van der Waals surface area contributed by atoms with Gasteiger partial charge in [-0.3, -0.25) is 10.1 Å². The molecule has 2 amide bonds. The van der Waals surface area contributed by atoms with Gasteiger partial charge in [0.15, 0.2) is 0 Å². The predicted octanol–water partition coefficient (Wildman–Crippen LogP) is 1.00. The molecule has 0 unspecified atom stereocenters. The number of nitrogens with zero attached hydrogens (tertiary/aromatic N) is 2. The fraction of sp³-hybridized carbons (Fsp3) is 0.200. The van der Waals surface area contributed by atoms with Gasteiger partial charge in [0.1, 0.15) is 0 Å². The average molecular weight is 410 g/mol. The van der Waals surface area contributed by atoms with Gasteiger partial charge in [-0.15, -0.1) is 12.6 Å². The Kier molecular flexibility index (Phi) is 5.19. The van der Waals surface area contributed by atoms with Crippen molar-refractivity contribution in [2.45, 2.75) is 11.3 Å². The zero-order valence-corrected chi connectivity index (χ0v) is 15.6. The summed E-state index contributed by atoms with van der Waals surface area (Å²) in [6, 6.07) is 4.25. The number of carbonyl (C=O) groups is 2. The average Bonchev–Trinajstić information content (AvgIpc) is 3.09. The van der Waals surface area contributed by atoms with Crippen LogP contribution in [0.4, 0.5) is 10.7 Å². The normalized spacial score (nSPS) is 12.7. The van der Waals surface area contributed by atoms with Crippen LogP contribution in [0.2, 0.25) is 0 Å². The molecule has 1 aromatic heterocycles. The van der Waals surface area contributed by atoms with Crippen molar-refractivity contribution < 1.29 is 27.5 Å². The summed E-state index contributed by atoms with van der Waals surface area (Å²) in [5.74, 6) is 0.284. The van der Waals surface area contributed by atoms with E-state index in [1.54, 1.807) is 4.72 Å². The zero-order valence-electron chi connectivity index (χ0n) is 13.9. The van der Waals surface area contributed by atoms with Crippen LogP contribution in [-0.4, -0.2) is 43.2 Å². The van der Waals surface area contributed by atoms with Gasteiger partial charge in [0.2, 0.25) is 22.8 Å². The van der Waals surface area contributed by atoms with Crippen molar-refractivity contribution in [3.05, 3.63) is 35.4 Å². The van der Waals surface area contributed by atoms with E-state index in [1.165, 1.54) is 31.4 Å². The second kappa shape index (κ2) is 7.40. The molecule has 0 fully saturated rings. The highest BCUT2D eigenvalue weighted by atomic mass is 32.2. The molecular formula is C15H14N4O6S2. The fourth-order valence-corrected chi connectivity index (χ4v) is 3.82. The third kappa shape index (κ3) is 3.95. The van der Waals surface area contributed by atoms with E-state index in [-0.39, 0.29) is 28.2 Å². The second-order valence-electron chi connectivity index (χ2n) is 5.30. The standard InChI is InChI=1S/C15H14N4O6S2/c1-24-11-9-6-7-25-12(9)17-14(16-11)18-15(21)19-27(22,23)10-5-3-2-4-8(10)13(20)26/h2-5H,6-7H2,1H3,(H,20,26)(H2,16,17,18,19,21). The maximum absolute atomic E-state index is 12.4. The smallest absolute Gasteiger partial charge is 0.335 e. The number of benzene rings is 1. The molecule has 3 rings (SSSR count). The summed E-state index contributed by atoms with van der Waals surface area (Å²) in [4.78, 5) is 31.2. The number of methoxy groups -OCH3 is 1. The number of amides is 2. The molecule has 0 radical (unpaired) electrons. The molecule has 0 saturated carbocycles. The highest BCUT2D eigenvalue weighted by molar-refractivity contribution is 7.97. The van der Waals surface area contributed by atoms with E-state index in [0.717, 1.165) is 0 Å². The number of hydrogen-bond donors (Lipinski definition) is 3. The zero-order chi connectivity index (χ0) is 19.6. The Labute approximate surface area is 159 Å². The first-order chi connectivity index (χ1) is 12.8. The Morgan fingerprint density at radius 1 is 1.26 bits per heavy atom. The van der Waals surface area contributed by atoms with Gasteiger partial charge in [0, 0.05) is 12.0 Å². The summed E-state index contributed by atoms with van der Waals surface area (Å²) in [5.41, 5.74) is 0.502. The van der Waals surface area contributed by atoms with Crippen LogP contribution in [0.5, 0.6) is 11.8 Å². The quantitative estimate of drug-likeness (QED) is 0.621. The highest BCUT2D eigenvalue weighted by Gasteiger charge is 2.25. The van der Waals surface area contributed by atoms with E-state index in [2.05, 4.69) is 27.9 Å². The van der Waals surface area contributed by atoms with Gasteiger partial charge in [-0.1, -0.05) is 12.1 Å². The third-order valence-electron chi connectivity index (χ3n) is 3.57. The van der Waals surface area contributed by atoms with Gasteiger partial charge in [-0.05, 0) is 12.1 Å². The summed E-state index contributed by atoms with van der Waals surface area (Å²) < 4.78 is 37.1. The molecule has 27 heavy (non-hydrogen) atoms. The van der Waals surface area contributed by atoms with Crippen LogP contribution < -0.4 is 19.5 Å². The fourth-order valence-electron chi connectivity index (χ4n) is 2.43. The second-order valence-corrected chi connectivity index (χ2v) is 7.36. The van der Waals surface area contributed by atoms with E-state index in [9.17, 15) is 18.0 Å². The lowest BCUT2D eigenvalue weighted by Gasteiger charge is -2.11. The number of rotatable bonds is 5. The molecule has 1 aliphatic heterocycles. The number of ether oxygens (including phenoxy) is 2. The molecule has 0 bridgehead atoms. The van der Waals surface area contributed by atoms with Crippen LogP contribution in [0.3, 0.4) is 0 Å². The minimum Gasteiger partial charge on any atom is -0.481 e. The minimum atomic E-state index is -4.33. The van der Waals surface area contributed by atoms with Crippen molar-refractivity contribution >= 4 is 39.7 Å². The van der Waals surface area contributed by atoms with Crippen molar-refractivity contribution in [2.24, 2.45) is 0 Å². The predicted molar refractivity (Wildman–Crippen MR) is 96.9 cm³/mol. The van der Waals surface area contributed by atoms with E-state index < -0.39 is 21.2 Å².